The zero-order chi connectivity index (χ0) is 14.4. The molecule has 0 saturated carbocycles. The number of nitrogens with zero attached hydrogens (tertiary/aromatic N) is 2. The van der Waals surface area contributed by atoms with Crippen LogP contribution in [-0.2, 0) is 0 Å². The Bertz CT molecular complexity index is 677. The fourth-order valence-electron chi connectivity index (χ4n) is 1.48. The minimum Gasteiger partial charge on any atom is -0.320 e. The van der Waals surface area contributed by atoms with Crippen LogP contribution >= 0.6 is 0 Å². The van der Waals surface area contributed by atoms with Crippen LogP contribution in [0.1, 0.15) is 15.9 Å². The van der Waals surface area contributed by atoms with Crippen molar-refractivity contribution < 1.29 is 9.18 Å². The zero-order valence-corrected chi connectivity index (χ0v) is 10.4. The van der Waals surface area contributed by atoms with Crippen LogP contribution in [0.4, 0.5) is 10.2 Å². The first-order valence-electron chi connectivity index (χ1n) is 5.76. The van der Waals surface area contributed by atoms with Gasteiger partial charge in [-0.2, -0.15) is 0 Å². The van der Waals surface area contributed by atoms with Crippen molar-refractivity contribution in [2.75, 3.05) is 11.9 Å². The summed E-state index contributed by atoms with van der Waals surface area (Å²) in [7, 11) is 0. The molecule has 0 aliphatic heterocycles. The lowest BCUT2D eigenvalue weighted by molar-refractivity contribution is 0.102. The molecule has 6 heteroatoms. The highest BCUT2D eigenvalue weighted by atomic mass is 19.1. The summed E-state index contributed by atoms with van der Waals surface area (Å²) in [5.74, 6) is 4.30. The van der Waals surface area contributed by atoms with Gasteiger partial charge in [0.1, 0.15) is 5.82 Å². The number of nitrogens with two attached hydrogens (primary N) is 1. The van der Waals surface area contributed by atoms with Gasteiger partial charge in [0.2, 0.25) is 0 Å². The molecule has 0 aliphatic carbocycles. The molecular weight excluding hydrogens is 259 g/mol. The van der Waals surface area contributed by atoms with Gasteiger partial charge in [-0.3, -0.25) is 9.78 Å². The Labute approximate surface area is 115 Å². The van der Waals surface area contributed by atoms with Crippen molar-refractivity contribution in [1.82, 2.24) is 9.97 Å². The van der Waals surface area contributed by atoms with Gasteiger partial charge >= 0.3 is 0 Å². The standard InChI is InChI=1S/C14H11FN4O/c15-12-8-10(2-1-5-16)3-4-11(12)14(20)19-13-9-17-6-7-18-13/h3-4,6-9H,5,16H2,(H,18,19,20). The van der Waals surface area contributed by atoms with Crippen molar-refractivity contribution in [3.05, 3.63) is 53.7 Å². The highest BCUT2D eigenvalue weighted by molar-refractivity contribution is 6.03. The number of aromatic nitrogens is 2. The van der Waals surface area contributed by atoms with E-state index < -0.39 is 11.7 Å². The van der Waals surface area contributed by atoms with Crippen LogP contribution in [0.25, 0.3) is 0 Å². The van der Waals surface area contributed by atoms with Gasteiger partial charge < -0.3 is 11.1 Å². The molecule has 100 valence electrons. The SMILES string of the molecule is NCC#Cc1ccc(C(=O)Nc2cnccn2)c(F)c1. The van der Waals surface area contributed by atoms with Crippen molar-refractivity contribution in [3.63, 3.8) is 0 Å². The minimum atomic E-state index is -0.657. The van der Waals surface area contributed by atoms with Gasteiger partial charge in [-0.05, 0) is 18.2 Å². The maximum absolute atomic E-state index is 13.8. The molecule has 0 fully saturated rings. The van der Waals surface area contributed by atoms with Crippen LogP contribution in [0, 0.1) is 17.7 Å². The summed E-state index contributed by atoms with van der Waals surface area (Å²) in [4.78, 5) is 19.6. The number of benzene rings is 1. The number of hydrogen-bond acceptors (Lipinski definition) is 4. The van der Waals surface area contributed by atoms with E-state index in [2.05, 4.69) is 27.1 Å². The molecule has 0 unspecified atom stereocenters. The average molecular weight is 270 g/mol. The van der Waals surface area contributed by atoms with Gasteiger partial charge in [0, 0.05) is 18.0 Å². The third kappa shape index (κ3) is 3.37. The highest BCUT2D eigenvalue weighted by Crippen LogP contribution is 2.12. The van der Waals surface area contributed by atoms with Gasteiger partial charge in [0.25, 0.3) is 5.91 Å². The predicted octanol–water partition coefficient (Wildman–Crippen LogP) is 1.18. The maximum Gasteiger partial charge on any atom is 0.259 e. The molecule has 0 atom stereocenters. The van der Waals surface area contributed by atoms with Gasteiger partial charge in [0.15, 0.2) is 5.82 Å². The molecular formula is C14H11FN4O. The average Bonchev–Trinajstić information content (AvgIpc) is 2.46. The van der Waals surface area contributed by atoms with E-state index in [0.717, 1.165) is 0 Å². The second-order valence-electron chi connectivity index (χ2n) is 3.75. The Morgan fingerprint density at radius 1 is 1.40 bits per heavy atom. The fourth-order valence-corrected chi connectivity index (χ4v) is 1.48. The van der Waals surface area contributed by atoms with Crippen molar-refractivity contribution in [2.45, 2.75) is 0 Å². The highest BCUT2D eigenvalue weighted by Gasteiger charge is 2.12. The first-order chi connectivity index (χ1) is 9.70. The Hall–Kier alpha value is -2.78. The molecule has 0 bridgehead atoms. The van der Waals surface area contributed by atoms with E-state index in [1.165, 1.54) is 30.7 Å². The molecule has 1 aromatic carbocycles. The number of hydrogen-bond donors (Lipinski definition) is 2. The number of carbonyl (C=O) groups excluding carboxylic acids is 1. The first-order valence-corrected chi connectivity index (χ1v) is 5.76. The van der Waals surface area contributed by atoms with E-state index in [4.69, 9.17) is 5.73 Å². The minimum absolute atomic E-state index is 0.0889. The molecule has 0 saturated heterocycles. The summed E-state index contributed by atoms with van der Waals surface area (Å²) < 4.78 is 13.8. The Balaban J connectivity index is 2.18. The quantitative estimate of drug-likeness (QED) is 0.803. The van der Waals surface area contributed by atoms with Gasteiger partial charge in [-0.15, -0.1) is 0 Å². The maximum atomic E-state index is 13.8. The third-order valence-electron chi connectivity index (χ3n) is 2.35. The lowest BCUT2D eigenvalue weighted by atomic mass is 10.1. The summed E-state index contributed by atoms with van der Waals surface area (Å²) in [6, 6.07) is 4.10. The van der Waals surface area contributed by atoms with E-state index in [1.54, 1.807) is 6.07 Å². The second kappa shape index (κ2) is 6.41. The fraction of sp³-hybridized carbons (Fsp3) is 0.0714. The number of carbonyl (C=O) groups is 1. The van der Waals surface area contributed by atoms with E-state index in [9.17, 15) is 9.18 Å². The van der Waals surface area contributed by atoms with Crippen molar-refractivity contribution in [2.24, 2.45) is 5.73 Å². The normalized spacial score (nSPS) is 9.50. The Morgan fingerprint density at radius 2 is 2.25 bits per heavy atom. The van der Waals surface area contributed by atoms with Gasteiger partial charge in [0.05, 0.1) is 18.3 Å². The Morgan fingerprint density at radius 3 is 2.90 bits per heavy atom. The molecule has 3 N–H and O–H groups in total. The summed E-state index contributed by atoms with van der Waals surface area (Å²) in [6.07, 6.45) is 4.27. The topological polar surface area (TPSA) is 80.9 Å². The van der Waals surface area contributed by atoms with E-state index >= 15 is 0 Å². The first kappa shape index (κ1) is 13.6. The smallest absolute Gasteiger partial charge is 0.259 e. The molecule has 1 aromatic heterocycles. The summed E-state index contributed by atoms with van der Waals surface area (Å²) in [5, 5.41) is 2.45. The molecule has 2 rings (SSSR count). The van der Waals surface area contributed by atoms with Crippen LogP contribution in [-0.4, -0.2) is 22.4 Å². The molecule has 0 spiro atoms. The van der Waals surface area contributed by atoms with E-state index in [1.807, 2.05) is 0 Å². The number of rotatable bonds is 2. The summed E-state index contributed by atoms with van der Waals surface area (Å²) in [6.45, 7) is 0.191. The van der Waals surface area contributed by atoms with Crippen molar-refractivity contribution in [1.29, 1.82) is 0 Å². The van der Waals surface area contributed by atoms with Gasteiger partial charge in [-0.25, -0.2) is 9.37 Å². The summed E-state index contributed by atoms with van der Waals surface area (Å²) >= 11 is 0. The second-order valence-corrected chi connectivity index (χ2v) is 3.75. The number of nitrogens with one attached hydrogen (secondary N) is 1. The molecule has 0 aliphatic rings. The predicted molar refractivity (Wildman–Crippen MR) is 72.3 cm³/mol. The van der Waals surface area contributed by atoms with E-state index in [0.29, 0.717) is 5.56 Å². The molecule has 20 heavy (non-hydrogen) atoms. The van der Waals surface area contributed by atoms with Crippen molar-refractivity contribution in [3.8, 4) is 11.8 Å². The molecule has 0 radical (unpaired) electrons. The Kier molecular flexibility index (Phi) is 4.37. The molecule has 1 amide bonds. The van der Waals surface area contributed by atoms with E-state index in [-0.39, 0.29) is 17.9 Å². The van der Waals surface area contributed by atoms with Crippen LogP contribution in [0.2, 0.25) is 0 Å². The zero-order valence-electron chi connectivity index (χ0n) is 10.4. The number of amides is 1. The number of anilines is 1. The third-order valence-corrected chi connectivity index (χ3v) is 2.35. The number of halogens is 1. The lowest BCUT2D eigenvalue weighted by Gasteiger charge is -2.05. The lowest BCUT2D eigenvalue weighted by Crippen LogP contribution is -2.14. The monoisotopic (exact) mass is 270 g/mol. The van der Waals surface area contributed by atoms with Crippen LogP contribution in [0.3, 0.4) is 0 Å². The van der Waals surface area contributed by atoms with Crippen molar-refractivity contribution >= 4 is 11.7 Å². The molecule has 1 heterocycles. The van der Waals surface area contributed by atoms with Crippen LogP contribution in [0.15, 0.2) is 36.8 Å². The van der Waals surface area contributed by atoms with Crippen LogP contribution in [0.5, 0.6) is 0 Å². The largest absolute Gasteiger partial charge is 0.320 e. The van der Waals surface area contributed by atoms with Gasteiger partial charge in [-0.1, -0.05) is 11.8 Å². The summed E-state index contributed by atoms with van der Waals surface area (Å²) in [5.41, 5.74) is 5.61. The molecule has 2 aromatic rings. The molecule has 5 nitrogen and oxygen atoms in total. The van der Waals surface area contributed by atoms with Crippen LogP contribution < -0.4 is 11.1 Å².